The van der Waals surface area contributed by atoms with Gasteiger partial charge in [0, 0.05) is 40.1 Å². The molecule has 86 valence electrons. The largest absolute Gasteiger partial charge is 0.387 e. The molecule has 0 fully saturated rings. The highest BCUT2D eigenvalue weighted by Crippen LogP contribution is 2.31. The maximum absolute atomic E-state index is 10.1. The molecule has 0 saturated carbocycles. The van der Waals surface area contributed by atoms with Crippen LogP contribution in [0.2, 0.25) is 0 Å². The van der Waals surface area contributed by atoms with Crippen molar-refractivity contribution in [3.05, 3.63) is 38.5 Å². The molecule has 0 aliphatic heterocycles. The molecule has 2 aromatic heterocycles. The van der Waals surface area contributed by atoms with Gasteiger partial charge in [-0.2, -0.15) is 0 Å². The second-order valence-electron chi connectivity index (χ2n) is 3.73. The number of halogens is 1. The molecule has 0 radical (unpaired) electrons. The van der Waals surface area contributed by atoms with E-state index in [9.17, 15) is 5.11 Å². The van der Waals surface area contributed by atoms with Gasteiger partial charge in [-0.3, -0.25) is 0 Å². The third-order valence-corrected chi connectivity index (χ3v) is 4.74. The fraction of sp³-hybridized carbons (Fsp3) is 0.364. The molecule has 0 aliphatic rings. The number of aryl methyl sites for hydroxylation is 2. The van der Waals surface area contributed by atoms with Crippen LogP contribution in [0.15, 0.2) is 22.9 Å². The molecule has 2 aromatic rings. The Kier molecular flexibility index (Phi) is 3.47. The van der Waals surface area contributed by atoms with Gasteiger partial charge in [0.1, 0.15) is 5.82 Å². The number of aromatic nitrogens is 2. The van der Waals surface area contributed by atoms with Gasteiger partial charge in [-0.05, 0) is 28.9 Å². The smallest absolute Gasteiger partial charge is 0.111 e. The minimum atomic E-state index is -0.476. The van der Waals surface area contributed by atoms with Crippen molar-refractivity contribution in [3.63, 3.8) is 0 Å². The average Bonchev–Trinajstić information content (AvgIpc) is 2.76. The maximum Gasteiger partial charge on any atom is 0.111 e. The highest BCUT2D eigenvalue weighted by Gasteiger charge is 2.14. The Balaban J connectivity index is 2.14. The fourth-order valence-corrected chi connectivity index (χ4v) is 3.06. The van der Waals surface area contributed by atoms with Crippen molar-refractivity contribution >= 4 is 27.3 Å². The van der Waals surface area contributed by atoms with Gasteiger partial charge in [-0.15, -0.1) is 11.3 Å². The molecule has 16 heavy (non-hydrogen) atoms. The first-order valence-corrected chi connectivity index (χ1v) is 6.59. The minimum Gasteiger partial charge on any atom is -0.387 e. The second-order valence-corrected chi connectivity index (χ2v) is 5.87. The Labute approximate surface area is 107 Å². The van der Waals surface area contributed by atoms with E-state index < -0.39 is 6.10 Å². The van der Waals surface area contributed by atoms with E-state index in [4.69, 9.17) is 0 Å². The lowest BCUT2D eigenvalue weighted by Gasteiger charge is -2.07. The summed E-state index contributed by atoms with van der Waals surface area (Å²) in [6.45, 7) is 2.03. The van der Waals surface area contributed by atoms with Crippen LogP contribution in [0.1, 0.15) is 21.7 Å². The van der Waals surface area contributed by atoms with Crippen molar-refractivity contribution in [1.82, 2.24) is 9.55 Å². The predicted octanol–water partition coefficient (Wildman–Crippen LogP) is 2.83. The van der Waals surface area contributed by atoms with Gasteiger partial charge in [-0.25, -0.2) is 4.98 Å². The number of imidazole rings is 1. The van der Waals surface area contributed by atoms with E-state index in [1.54, 1.807) is 17.5 Å². The molecule has 1 unspecified atom stereocenters. The van der Waals surface area contributed by atoms with Crippen LogP contribution in [0.3, 0.4) is 0 Å². The summed E-state index contributed by atoms with van der Waals surface area (Å²) in [7, 11) is 1.94. The molecule has 0 aliphatic carbocycles. The first-order valence-electron chi connectivity index (χ1n) is 4.98. The molecule has 0 spiro atoms. The molecule has 5 heteroatoms. The van der Waals surface area contributed by atoms with Gasteiger partial charge in [0.25, 0.3) is 0 Å². The van der Waals surface area contributed by atoms with Crippen LogP contribution in [0.25, 0.3) is 0 Å². The maximum atomic E-state index is 10.1. The molecule has 1 N–H and O–H groups in total. The van der Waals surface area contributed by atoms with Crippen molar-refractivity contribution in [2.75, 3.05) is 0 Å². The SMILES string of the molecule is Cc1sc(C(O)Cc2nccn2C)cc1Br. The highest BCUT2D eigenvalue weighted by molar-refractivity contribution is 9.10. The molecule has 3 nitrogen and oxygen atoms in total. The summed E-state index contributed by atoms with van der Waals surface area (Å²) >= 11 is 5.07. The Morgan fingerprint density at radius 1 is 1.62 bits per heavy atom. The highest BCUT2D eigenvalue weighted by atomic mass is 79.9. The molecular formula is C11H13BrN2OS. The number of aliphatic hydroxyl groups is 1. The molecule has 0 aromatic carbocycles. The Hall–Kier alpha value is -0.650. The third-order valence-electron chi connectivity index (χ3n) is 2.50. The standard InChI is InChI=1S/C11H13BrN2OS/c1-7-8(12)5-10(16-7)9(15)6-11-13-3-4-14(11)2/h3-5,9,15H,6H2,1-2H3. The Bertz CT molecular complexity index is 472. The summed E-state index contributed by atoms with van der Waals surface area (Å²) in [6.07, 6.45) is 3.71. The fourth-order valence-electron chi connectivity index (χ4n) is 1.51. The third kappa shape index (κ3) is 2.36. The topological polar surface area (TPSA) is 38.1 Å². The van der Waals surface area contributed by atoms with E-state index in [0.29, 0.717) is 6.42 Å². The van der Waals surface area contributed by atoms with Crippen LogP contribution in [-0.4, -0.2) is 14.7 Å². The van der Waals surface area contributed by atoms with Crippen LogP contribution in [-0.2, 0) is 13.5 Å². The van der Waals surface area contributed by atoms with E-state index >= 15 is 0 Å². The Morgan fingerprint density at radius 2 is 2.38 bits per heavy atom. The normalized spacial score (nSPS) is 13.0. The molecule has 0 bridgehead atoms. The second kappa shape index (κ2) is 4.69. The van der Waals surface area contributed by atoms with Crippen molar-refractivity contribution in [2.24, 2.45) is 7.05 Å². The summed E-state index contributed by atoms with van der Waals surface area (Å²) in [6, 6.07) is 1.98. The first kappa shape index (κ1) is 11.8. The molecular weight excluding hydrogens is 288 g/mol. The van der Waals surface area contributed by atoms with Crippen LogP contribution in [0.5, 0.6) is 0 Å². The van der Waals surface area contributed by atoms with Gasteiger partial charge < -0.3 is 9.67 Å². The van der Waals surface area contributed by atoms with Gasteiger partial charge in [0.2, 0.25) is 0 Å². The van der Waals surface area contributed by atoms with Crippen LogP contribution in [0, 0.1) is 6.92 Å². The summed E-state index contributed by atoms with van der Waals surface area (Å²) in [5.74, 6) is 0.898. The van der Waals surface area contributed by atoms with E-state index in [1.165, 1.54) is 4.88 Å². The Morgan fingerprint density at radius 3 is 2.88 bits per heavy atom. The zero-order valence-electron chi connectivity index (χ0n) is 9.14. The van der Waals surface area contributed by atoms with Crippen molar-refractivity contribution in [3.8, 4) is 0 Å². The van der Waals surface area contributed by atoms with Gasteiger partial charge in [-0.1, -0.05) is 0 Å². The number of hydrogen-bond donors (Lipinski definition) is 1. The summed E-state index contributed by atoms with van der Waals surface area (Å²) in [5.41, 5.74) is 0. The summed E-state index contributed by atoms with van der Waals surface area (Å²) < 4.78 is 2.99. The quantitative estimate of drug-likeness (QED) is 0.946. The molecule has 1 atom stereocenters. The van der Waals surface area contributed by atoms with Gasteiger partial charge >= 0.3 is 0 Å². The minimum absolute atomic E-state index is 0.476. The van der Waals surface area contributed by atoms with Gasteiger partial charge in [0.15, 0.2) is 0 Å². The molecule has 2 rings (SSSR count). The summed E-state index contributed by atoms with van der Waals surface area (Å²) in [4.78, 5) is 6.37. The zero-order valence-corrected chi connectivity index (χ0v) is 11.5. The lowest BCUT2D eigenvalue weighted by atomic mass is 10.2. The van der Waals surface area contributed by atoms with E-state index in [0.717, 1.165) is 15.2 Å². The average molecular weight is 301 g/mol. The lowest BCUT2D eigenvalue weighted by molar-refractivity contribution is 0.178. The van der Waals surface area contributed by atoms with Crippen LogP contribution in [0.4, 0.5) is 0 Å². The zero-order chi connectivity index (χ0) is 11.7. The van der Waals surface area contributed by atoms with E-state index in [-0.39, 0.29) is 0 Å². The van der Waals surface area contributed by atoms with Crippen molar-refractivity contribution in [2.45, 2.75) is 19.4 Å². The molecule has 0 saturated heterocycles. The number of thiophene rings is 1. The predicted molar refractivity (Wildman–Crippen MR) is 68.6 cm³/mol. The van der Waals surface area contributed by atoms with Crippen molar-refractivity contribution < 1.29 is 5.11 Å². The lowest BCUT2D eigenvalue weighted by Crippen LogP contribution is -2.05. The first-order chi connectivity index (χ1) is 7.58. The monoisotopic (exact) mass is 300 g/mol. The molecule has 2 heterocycles. The van der Waals surface area contributed by atoms with E-state index in [1.807, 2.05) is 30.8 Å². The number of nitrogens with zero attached hydrogens (tertiary/aromatic N) is 2. The number of hydrogen-bond acceptors (Lipinski definition) is 3. The van der Waals surface area contributed by atoms with Crippen LogP contribution < -0.4 is 0 Å². The molecule has 0 amide bonds. The van der Waals surface area contributed by atoms with Crippen molar-refractivity contribution in [1.29, 1.82) is 0 Å². The number of aliphatic hydroxyl groups excluding tert-OH is 1. The van der Waals surface area contributed by atoms with E-state index in [2.05, 4.69) is 20.9 Å². The summed E-state index contributed by atoms with van der Waals surface area (Å²) in [5, 5.41) is 10.1. The van der Waals surface area contributed by atoms with Gasteiger partial charge in [0.05, 0.1) is 6.10 Å². The van der Waals surface area contributed by atoms with Crippen LogP contribution >= 0.6 is 27.3 Å². The number of rotatable bonds is 3.